The summed E-state index contributed by atoms with van der Waals surface area (Å²) in [7, 11) is 0. The van der Waals surface area contributed by atoms with E-state index in [1.54, 1.807) is 6.08 Å². The van der Waals surface area contributed by atoms with Crippen LogP contribution in [-0.2, 0) is 4.79 Å². The van der Waals surface area contributed by atoms with Gasteiger partial charge in [0.25, 0.3) is 11.1 Å². The summed E-state index contributed by atoms with van der Waals surface area (Å²) in [5.41, 5.74) is 4.72. The molecule has 1 saturated heterocycles. The minimum absolute atomic E-state index is 0.248. The number of thioether (sulfide) groups is 1. The molecule has 2 aromatic rings. The minimum Gasteiger partial charge on any atom is -0.268 e. The molecule has 0 aromatic heterocycles. The fourth-order valence-electron chi connectivity index (χ4n) is 2.62. The molecule has 0 aliphatic carbocycles. The van der Waals surface area contributed by atoms with Crippen LogP contribution in [0.3, 0.4) is 0 Å². The van der Waals surface area contributed by atoms with Gasteiger partial charge >= 0.3 is 0 Å². The van der Waals surface area contributed by atoms with E-state index in [0.29, 0.717) is 10.6 Å². The number of aryl methyl sites for hydroxylation is 3. The number of benzene rings is 2. The summed E-state index contributed by atoms with van der Waals surface area (Å²) in [6.45, 7) is 5.89. The second-order valence-corrected chi connectivity index (χ2v) is 6.66. The third-order valence-electron chi connectivity index (χ3n) is 3.86. The van der Waals surface area contributed by atoms with E-state index in [4.69, 9.17) is 0 Å². The average molecular weight is 323 g/mol. The molecule has 116 valence electrons. The molecule has 2 amide bonds. The van der Waals surface area contributed by atoms with Crippen molar-refractivity contribution in [1.29, 1.82) is 0 Å². The van der Waals surface area contributed by atoms with E-state index < -0.39 is 0 Å². The summed E-state index contributed by atoms with van der Waals surface area (Å²) in [6.07, 6.45) is 1.80. The van der Waals surface area contributed by atoms with Gasteiger partial charge in [0.1, 0.15) is 0 Å². The molecule has 3 rings (SSSR count). The number of imide groups is 1. The molecule has 23 heavy (non-hydrogen) atoms. The van der Waals surface area contributed by atoms with Gasteiger partial charge in [-0.1, -0.05) is 42.0 Å². The first kappa shape index (κ1) is 15.6. The monoisotopic (exact) mass is 323 g/mol. The van der Waals surface area contributed by atoms with Crippen LogP contribution < -0.4 is 4.90 Å². The van der Waals surface area contributed by atoms with Crippen LogP contribution in [0.1, 0.15) is 22.3 Å². The summed E-state index contributed by atoms with van der Waals surface area (Å²) < 4.78 is 0. The maximum absolute atomic E-state index is 12.7. The van der Waals surface area contributed by atoms with Crippen molar-refractivity contribution < 1.29 is 9.59 Å². The lowest BCUT2D eigenvalue weighted by molar-refractivity contribution is -0.113. The largest absolute Gasteiger partial charge is 0.298 e. The highest BCUT2D eigenvalue weighted by Gasteiger charge is 2.36. The molecule has 0 atom stereocenters. The van der Waals surface area contributed by atoms with Crippen molar-refractivity contribution >= 4 is 34.7 Å². The van der Waals surface area contributed by atoms with E-state index in [2.05, 4.69) is 0 Å². The summed E-state index contributed by atoms with van der Waals surface area (Å²) >= 11 is 0.992. The van der Waals surface area contributed by atoms with Crippen LogP contribution in [0.2, 0.25) is 0 Å². The van der Waals surface area contributed by atoms with Gasteiger partial charge in [-0.05, 0) is 61.4 Å². The first-order chi connectivity index (χ1) is 11.0. The van der Waals surface area contributed by atoms with E-state index >= 15 is 0 Å². The molecule has 1 fully saturated rings. The van der Waals surface area contributed by atoms with Gasteiger partial charge in [0, 0.05) is 0 Å². The molecule has 4 heteroatoms. The molecule has 0 unspecified atom stereocenters. The third-order valence-corrected chi connectivity index (χ3v) is 4.73. The topological polar surface area (TPSA) is 37.4 Å². The van der Waals surface area contributed by atoms with Crippen molar-refractivity contribution in [3.8, 4) is 0 Å². The Morgan fingerprint density at radius 2 is 1.70 bits per heavy atom. The van der Waals surface area contributed by atoms with Crippen molar-refractivity contribution in [2.75, 3.05) is 4.90 Å². The van der Waals surface area contributed by atoms with Crippen LogP contribution in [0.5, 0.6) is 0 Å². The second-order valence-electron chi connectivity index (χ2n) is 5.66. The van der Waals surface area contributed by atoms with Crippen LogP contribution in [0.15, 0.2) is 47.4 Å². The molecule has 2 aromatic carbocycles. The Kier molecular flexibility index (Phi) is 4.09. The van der Waals surface area contributed by atoms with Gasteiger partial charge in [0.15, 0.2) is 0 Å². The lowest BCUT2D eigenvalue weighted by atomic mass is 10.1. The second kappa shape index (κ2) is 6.05. The van der Waals surface area contributed by atoms with E-state index in [9.17, 15) is 9.59 Å². The number of amides is 2. The van der Waals surface area contributed by atoms with Crippen molar-refractivity contribution in [3.05, 3.63) is 69.6 Å². The number of hydrogen-bond donors (Lipinski definition) is 0. The number of carbonyl (C=O) groups excluding carboxylic acids is 2. The molecule has 0 N–H and O–H groups in total. The molecule has 0 spiro atoms. The normalized spacial score (nSPS) is 16.5. The van der Waals surface area contributed by atoms with Crippen molar-refractivity contribution in [2.24, 2.45) is 0 Å². The van der Waals surface area contributed by atoms with Crippen LogP contribution in [0, 0.1) is 20.8 Å². The number of carbonyl (C=O) groups is 2. The Labute approximate surface area is 140 Å². The Morgan fingerprint density at radius 3 is 2.39 bits per heavy atom. The smallest absolute Gasteiger partial charge is 0.268 e. The summed E-state index contributed by atoms with van der Waals surface area (Å²) in [6, 6.07) is 13.5. The van der Waals surface area contributed by atoms with E-state index in [1.807, 2.05) is 63.2 Å². The van der Waals surface area contributed by atoms with Gasteiger partial charge < -0.3 is 0 Å². The first-order valence-corrected chi connectivity index (χ1v) is 8.20. The highest BCUT2D eigenvalue weighted by Crippen LogP contribution is 2.37. The molecule has 3 nitrogen and oxygen atoms in total. The van der Waals surface area contributed by atoms with E-state index in [-0.39, 0.29) is 11.1 Å². The van der Waals surface area contributed by atoms with Crippen LogP contribution in [0.25, 0.3) is 6.08 Å². The molecule has 0 saturated carbocycles. The maximum Gasteiger partial charge on any atom is 0.298 e. The quantitative estimate of drug-likeness (QED) is 0.741. The van der Waals surface area contributed by atoms with Gasteiger partial charge in [-0.15, -0.1) is 0 Å². The van der Waals surface area contributed by atoms with Gasteiger partial charge in [-0.3, -0.25) is 9.59 Å². The molecule has 1 aliphatic heterocycles. The first-order valence-electron chi connectivity index (χ1n) is 7.38. The molecule has 1 heterocycles. The van der Waals surface area contributed by atoms with Crippen molar-refractivity contribution in [1.82, 2.24) is 0 Å². The molecular weight excluding hydrogens is 306 g/mol. The van der Waals surface area contributed by atoms with Crippen LogP contribution in [-0.4, -0.2) is 11.1 Å². The predicted molar refractivity (Wildman–Crippen MR) is 95.5 cm³/mol. The molecule has 0 radical (unpaired) electrons. The van der Waals surface area contributed by atoms with Crippen molar-refractivity contribution in [2.45, 2.75) is 20.8 Å². The Bertz CT molecular complexity index is 839. The SMILES string of the molecule is Cc1ccc(N2C(=O)S/C(=C\c3ccccc3C)C2=O)c(C)c1. The molecular formula is C19H17NO2S. The number of hydrogen-bond acceptors (Lipinski definition) is 3. The third kappa shape index (κ3) is 2.94. The zero-order valence-electron chi connectivity index (χ0n) is 13.3. The standard InChI is InChI=1S/C19H17NO2S/c1-12-8-9-16(14(3)10-12)20-18(21)17(23-19(20)22)11-15-7-5-4-6-13(15)2/h4-11H,1-3H3/b17-11-. The Hall–Kier alpha value is -2.33. The lowest BCUT2D eigenvalue weighted by Crippen LogP contribution is -2.28. The van der Waals surface area contributed by atoms with Gasteiger partial charge in [0.05, 0.1) is 10.6 Å². The Morgan fingerprint density at radius 1 is 0.957 bits per heavy atom. The predicted octanol–water partition coefficient (Wildman–Crippen LogP) is 4.85. The highest BCUT2D eigenvalue weighted by molar-refractivity contribution is 8.19. The van der Waals surface area contributed by atoms with Gasteiger partial charge in [-0.25, -0.2) is 4.90 Å². The summed E-state index contributed by atoms with van der Waals surface area (Å²) in [4.78, 5) is 26.7. The fourth-order valence-corrected chi connectivity index (χ4v) is 3.45. The van der Waals surface area contributed by atoms with Crippen LogP contribution >= 0.6 is 11.8 Å². The van der Waals surface area contributed by atoms with Crippen LogP contribution in [0.4, 0.5) is 10.5 Å². The van der Waals surface area contributed by atoms with Crippen molar-refractivity contribution in [3.63, 3.8) is 0 Å². The zero-order valence-corrected chi connectivity index (χ0v) is 14.1. The van der Waals surface area contributed by atoms with Gasteiger partial charge in [0.2, 0.25) is 0 Å². The van der Waals surface area contributed by atoms with E-state index in [1.165, 1.54) is 4.90 Å². The number of rotatable bonds is 2. The molecule has 1 aliphatic rings. The summed E-state index contributed by atoms with van der Waals surface area (Å²) in [5, 5.41) is -0.248. The number of anilines is 1. The fraction of sp³-hybridized carbons (Fsp3) is 0.158. The maximum atomic E-state index is 12.7. The van der Waals surface area contributed by atoms with E-state index in [0.717, 1.165) is 34.0 Å². The Balaban J connectivity index is 1.99. The number of nitrogens with zero attached hydrogens (tertiary/aromatic N) is 1. The zero-order chi connectivity index (χ0) is 16.6. The molecule has 0 bridgehead atoms. The highest BCUT2D eigenvalue weighted by atomic mass is 32.2. The lowest BCUT2D eigenvalue weighted by Gasteiger charge is -2.15. The summed E-state index contributed by atoms with van der Waals surface area (Å²) in [5.74, 6) is -0.254. The van der Waals surface area contributed by atoms with Gasteiger partial charge in [-0.2, -0.15) is 0 Å². The average Bonchev–Trinajstić information content (AvgIpc) is 2.77. The minimum atomic E-state index is -0.254.